The van der Waals surface area contributed by atoms with E-state index < -0.39 is 0 Å². The van der Waals surface area contributed by atoms with Gasteiger partial charge < -0.3 is 9.73 Å². The van der Waals surface area contributed by atoms with Crippen molar-refractivity contribution in [1.82, 2.24) is 10.2 Å². The minimum absolute atomic E-state index is 0.112. The Morgan fingerprint density at radius 3 is 2.83 bits per heavy atom. The fourth-order valence-electron chi connectivity index (χ4n) is 2.98. The molecule has 0 saturated carbocycles. The van der Waals surface area contributed by atoms with E-state index in [0.29, 0.717) is 23.0 Å². The summed E-state index contributed by atoms with van der Waals surface area (Å²) in [6.45, 7) is 3.60. The van der Waals surface area contributed by atoms with Gasteiger partial charge in [0.25, 0.3) is 5.91 Å². The van der Waals surface area contributed by atoms with Gasteiger partial charge in [-0.1, -0.05) is 27.5 Å². The van der Waals surface area contributed by atoms with Crippen molar-refractivity contribution in [2.75, 3.05) is 19.6 Å². The van der Waals surface area contributed by atoms with Crippen molar-refractivity contribution in [1.29, 1.82) is 0 Å². The van der Waals surface area contributed by atoms with Crippen molar-refractivity contribution in [3.8, 4) is 0 Å². The summed E-state index contributed by atoms with van der Waals surface area (Å²) in [5.41, 5.74) is 0.515. The number of amides is 1. The first-order valence-electron chi connectivity index (χ1n) is 8.10. The molecule has 0 atom stereocenters. The second-order valence-corrected chi connectivity index (χ2v) is 7.46. The molecule has 1 fully saturated rings. The first-order chi connectivity index (χ1) is 11.6. The van der Waals surface area contributed by atoms with Gasteiger partial charge in [-0.05, 0) is 62.2 Å². The van der Waals surface area contributed by atoms with Crippen LogP contribution in [0.3, 0.4) is 0 Å². The standard InChI is InChI=1S/C18H20BrClN2O2/c19-14-3-4-17(20)16(10-14)18(23)21-11-13-5-7-22(8-6-13)12-15-2-1-9-24-15/h1-4,9-10,13H,5-8,11-12H2,(H,21,23). The summed E-state index contributed by atoms with van der Waals surface area (Å²) >= 11 is 9.47. The average Bonchev–Trinajstić information content (AvgIpc) is 3.09. The number of furan rings is 1. The summed E-state index contributed by atoms with van der Waals surface area (Å²) in [5.74, 6) is 1.40. The Bertz CT molecular complexity index is 682. The van der Waals surface area contributed by atoms with E-state index >= 15 is 0 Å². The lowest BCUT2D eigenvalue weighted by Gasteiger charge is -2.31. The summed E-state index contributed by atoms with van der Waals surface area (Å²) in [6.07, 6.45) is 3.87. The van der Waals surface area contributed by atoms with E-state index in [4.69, 9.17) is 16.0 Å². The molecule has 1 N–H and O–H groups in total. The Morgan fingerprint density at radius 2 is 2.12 bits per heavy atom. The van der Waals surface area contributed by atoms with E-state index in [2.05, 4.69) is 26.1 Å². The van der Waals surface area contributed by atoms with Crippen molar-refractivity contribution < 1.29 is 9.21 Å². The second kappa shape index (κ2) is 8.19. The van der Waals surface area contributed by atoms with Crippen LogP contribution in [0.4, 0.5) is 0 Å². The lowest BCUT2D eigenvalue weighted by molar-refractivity contribution is 0.0934. The molecular weight excluding hydrogens is 392 g/mol. The molecule has 0 spiro atoms. The van der Waals surface area contributed by atoms with Crippen LogP contribution in [0.1, 0.15) is 29.0 Å². The summed E-state index contributed by atoms with van der Waals surface area (Å²) in [7, 11) is 0. The van der Waals surface area contributed by atoms with Crippen molar-refractivity contribution in [2.24, 2.45) is 5.92 Å². The van der Waals surface area contributed by atoms with Crippen LogP contribution >= 0.6 is 27.5 Å². The highest BCUT2D eigenvalue weighted by Crippen LogP contribution is 2.22. The molecule has 0 unspecified atom stereocenters. The molecule has 2 heterocycles. The van der Waals surface area contributed by atoms with Crippen molar-refractivity contribution in [3.05, 3.63) is 57.4 Å². The zero-order valence-electron chi connectivity index (χ0n) is 13.3. The number of piperidine rings is 1. The van der Waals surface area contributed by atoms with Gasteiger partial charge in [0.15, 0.2) is 0 Å². The van der Waals surface area contributed by atoms with Gasteiger partial charge in [0.2, 0.25) is 0 Å². The highest BCUT2D eigenvalue weighted by molar-refractivity contribution is 9.10. The maximum absolute atomic E-state index is 12.3. The van der Waals surface area contributed by atoms with Crippen LogP contribution in [0.2, 0.25) is 5.02 Å². The minimum Gasteiger partial charge on any atom is -0.468 e. The van der Waals surface area contributed by atoms with Gasteiger partial charge in [-0.15, -0.1) is 0 Å². The Labute approximate surface area is 155 Å². The number of carbonyl (C=O) groups is 1. The Hall–Kier alpha value is -1.30. The number of nitrogens with one attached hydrogen (secondary N) is 1. The zero-order chi connectivity index (χ0) is 16.9. The quantitative estimate of drug-likeness (QED) is 0.796. The zero-order valence-corrected chi connectivity index (χ0v) is 15.6. The fraction of sp³-hybridized carbons (Fsp3) is 0.389. The van der Waals surface area contributed by atoms with Gasteiger partial charge in [0, 0.05) is 11.0 Å². The monoisotopic (exact) mass is 410 g/mol. The number of likely N-dealkylation sites (tertiary alicyclic amines) is 1. The summed E-state index contributed by atoms with van der Waals surface area (Å²) in [4.78, 5) is 14.7. The molecule has 24 heavy (non-hydrogen) atoms. The number of rotatable bonds is 5. The molecule has 0 bridgehead atoms. The smallest absolute Gasteiger partial charge is 0.252 e. The third-order valence-electron chi connectivity index (χ3n) is 4.39. The Kier molecular flexibility index (Phi) is 5.98. The largest absolute Gasteiger partial charge is 0.468 e. The Morgan fingerprint density at radius 1 is 1.33 bits per heavy atom. The van der Waals surface area contributed by atoms with Crippen LogP contribution in [-0.4, -0.2) is 30.4 Å². The first kappa shape index (κ1) is 17.5. The van der Waals surface area contributed by atoms with Gasteiger partial charge in [-0.2, -0.15) is 0 Å². The Balaban J connectivity index is 1.44. The molecule has 0 radical (unpaired) electrons. The van der Waals surface area contributed by atoms with Gasteiger partial charge in [0.1, 0.15) is 5.76 Å². The summed E-state index contributed by atoms with van der Waals surface area (Å²) < 4.78 is 6.25. The van der Waals surface area contributed by atoms with Crippen LogP contribution in [0, 0.1) is 5.92 Å². The minimum atomic E-state index is -0.112. The van der Waals surface area contributed by atoms with Gasteiger partial charge >= 0.3 is 0 Å². The van der Waals surface area contributed by atoms with E-state index in [1.807, 2.05) is 18.2 Å². The molecule has 4 nitrogen and oxygen atoms in total. The lowest BCUT2D eigenvalue weighted by atomic mass is 9.96. The molecule has 6 heteroatoms. The van der Waals surface area contributed by atoms with Crippen molar-refractivity contribution >= 4 is 33.4 Å². The topological polar surface area (TPSA) is 45.5 Å². The molecule has 2 aromatic rings. The number of nitrogens with zero attached hydrogens (tertiary/aromatic N) is 1. The number of hydrogen-bond acceptors (Lipinski definition) is 3. The summed E-state index contributed by atoms with van der Waals surface area (Å²) in [6, 6.07) is 9.24. The molecular formula is C18H20BrClN2O2. The number of benzene rings is 1. The number of carbonyl (C=O) groups excluding carboxylic acids is 1. The molecule has 1 amide bonds. The molecule has 0 aliphatic carbocycles. The molecule has 1 aliphatic heterocycles. The third kappa shape index (κ3) is 4.62. The number of halogens is 2. The highest BCUT2D eigenvalue weighted by atomic mass is 79.9. The highest BCUT2D eigenvalue weighted by Gasteiger charge is 2.21. The van der Waals surface area contributed by atoms with Crippen LogP contribution in [0.25, 0.3) is 0 Å². The molecule has 1 aliphatic rings. The van der Waals surface area contributed by atoms with Gasteiger partial charge in [-0.3, -0.25) is 9.69 Å². The van der Waals surface area contributed by atoms with E-state index in [0.717, 1.165) is 42.7 Å². The van der Waals surface area contributed by atoms with E-state index in [9.17, 15) is 4.79 Å². The van der Waals surface area contributed by atoms with E-state index in [-0.39, 0.29) is 5.91 Å². The molecule has 1 aromatic heterocycles. The maximum atomic E-state index is 12.3. The van der Waals surface area contributed by atoms with E-state index in [1.165, 1.54) is 0 Å². The fourth-order valence-corrected chi connectivity index (χ4v) is 3.54. The molecule has 1 aromatic carbocycles. The predicted molar refractivity (Wildman–Crippen MR) is 98.2 cm³/mol. The molecule has 128 valence electrons. The SMILES string of the molecule is O=C(NCC1CCN(Cc2ccco2)CC1)c1cc(Br)ccc1Cl. The van der Waals surface area contributed by atoms with Crippen LogP contribution < -0.4 is 5.32 Å². The average molecular weight is 412 g/mol. The first-order valence-corrected chi connectivity index (χ1v) is 9.27. The molecule has 1 saturated heterocycles. The van der Waals surface area contributed by atoms with Gasteiger partial charge in [-0.25, -0.2) is 0 Å². The molecule has 3 rings (SSSR count). The van der Waals surface area contributed by atoms with Crippen LogP contribution in [0.15, 0.2) is 45.5 Å². The van der Waals surface area contributed by atoms with Crippen molar-refractivity contribution in [3.63, 3.8) is 0 Å². The van der Waals surface area contributed by atoms with Crippen molar-refractivity contribution in [2.45, 2.75) is 19.4 Å². The number of hydrogen-bond donors (Lipinski definition) is 1. The van der Waals surface area contributed by atoms with Gasteiger partial charge in [0.05, 0.1) is 23.4 Å². The van der Waals surface area contributed by atoms with Crippen LogP contribution in [-0.2, 0) is 6.54 Å². The predicted octanol–water partition coefficient (Wildman–Crippen LogP) is 4.34. The second-order valence-electron chi connectivity index (χ2n) is 6.13. The maximum Gasteiger partial charge on any atom is 0.252 e. The summed E-state index contributed by atoms with van der Waals surface area (Å²) in [5, 5.41) is 3.49. The van der Waals surface area contributed by atoms with E-state index in [1.54, 1.807) is 18.4 Å². The normalized spacial score (nSPS) is 16.2. The van der Waals surface area contributed by atoms with Crippen LogP contribution in [0.5, 0.6) is 0 Å². The lowest BCUT2D eigenvalue weighted by Crippen LogP contribution is -2.38. The third-order valence-corrected chi connectivity index (χ3v) is 5.21.